The van der Waals surface area contributed by atoms with E-state index in [0.29, 0.717) is 23.5 Å². The highest BCUT2D eigenvalue weighted by Crippen LogP contribution is 2.37. The van der Waals surface area contributed by atoms with Crippen molar-refractivity contribution < 1.29 is 28.1 Å². The lowest BCUT2D eigenvalue weighted by Gasteiger charge is -2.24. The topological polar surface area (TPSA) is 117 Å². The van der Waals surface area contributed by atoms with Crippen molar-refractivity contribution in [3.05, 3.63) is 81.8 Å². The van der Waals surface area contributed by atoms with Gasteiger partial charge in [-0.1, -0.05) is 52.3 Å². The molecule has 0 spiro atoms. The van der Waals surface area contributed by atoms with E-state index in [1.165, 1.54) is 12.1 Å². The molecule has 0 saturated carbocycles. The quantitative estimate of drug-likeness (QED) is 0.240. The number of phenolic OH excluding ortho intramolecular Hbond substituents is 1. The zero-order chi connectivity index (χ0) is 26.3. The largest absolute Gasteiger partial charge is 0.506 e. The molecule has 0 aliphatic carbocycles. The molecule has 0 bridgehead atoms. The Bertz CT molecular complexity index is 1270. The predicted molar refractivity (Wildman–Crippen MR) is 144 cm³/mol. The Morgan fingerprint density at radius 2 is 1.61 bits per heavy atom. The number of hydrogen-bond acceptors (Lipinski definition) is 7. The van der Waals surface area contributed by atoms with Crippen LogP contribution in [0.25, 0.3) is 0 Å². The maximum Gasteiger partial charge on any atom is 0.229 e. The van der Waals surface area contributed by atoms with Crippen LogP contribution in [0.2, 0.25) is 0 Å². The van der Waals surface area contributed by atoms with E-state index < -0.39 is 16.1 Å². The van der Waals surface area contributed by atoms with Crippen LogP contribution in [0.5, 0.6) is 17.2 Å². The smallest absolute Gasteiger partial charge is 0.229 e. The van der Waals surface area contributed by atoms with E-state index in [1.54, 1.807) is 20.3 Å². The molecule has 0 radical (unpaired) electrons. The van der Waals surface area contributed by atoms with Crippen LogP contribution in [0.3, 0.4) is 0 Å². The zero-order valence-electron chi connectivity index (χ0n) is 20.4. The molecule has 0 aromatic heterocycles. The van der Waals surface area contributed by atoms with E-state index in [-0.39, 0.29) is 30.4 Å². The number of ether oxygens (including phenoxy) is 2. The lowest BCUT2D eigenvalue weighted by atomic mass is 9.97. The molecule has 4 N–H and O–H groups in total. The Morgan fingerprint density at radius 1 is 0.944 bits per heavy atom. The maximum absolute atomic E-state index is 11.6. The number of methoxy groups -OCH3 is 2. The molecule has 0 aliphatic rings. The molecule has 3 aromatic carbocycles. The molecule has 3 rings (SSSR count). The highest BCUT2D eigenvalue weighted by molar-refractivity contribution is 9.10. The average Bonchev–Trinajstić information content (AvgIpc) is 2.83. The molecule has 3 aromatic rings. The van der Waals surface area contributed by atoms with Gasteiger partial charge in [-0.3, -0.25) is 4.72 Å². The summed E-state index contributed by atoms with van der Waals surface area (Å²) in [6.45, 7) is 0.272. The zero-order valence-corrected chi connectivity index (χ0v) is 22.8. The molecule has 0 saturated heterocycles. The summed E-state index contributed by atoms with van der Waals surface area (Å²) in [4.78, 5) is 0. The average molecular weight is 580 g/mol. The lowest BCUT2D eigenvalue weighted by molar-refractivity contribution is 0.167. The maximum atomic E-state index is 11.6. The van der Waals surface area contributed by atoms with E-state index in [1.807, 2.05) is 42.5 Å². The van der Waals surface area contributed by atoms with Crippen LogP contribution in [0.1, 0.15) is 22.7 Å². The summed E-state index contributed by atoms with van der Waals surface area (Å²) in [6.07, 6.45) is 1.18. The molecule has 0 aliphatic heterocycles. The van der Waals surface area contributed by atoms with Crippen LogP contribution in [-0.2, 0) is 22.9 Å². The van der Waals surface area contributed by atoms with Gasteiger partial charge < -0.3 is 25.0 Å². The highest BCUT2D eigenvalue weighted by atomic mass is 79.9. The first-order valence-corrected chi connectivity index (χ1v) is 13.9. The Balaban J connectivity index is 1.79. The summed E-state index contributed by atoms with van der Waals surface area (Å²) >= 11 is 3.65. The van der Waals surface area contributed by atoms with Crippen molar-refractivity contribution in [3.63, 3.8) is 0 Å². The number of aromatic hydroxyl groups is 1. The Labute approximate surface area is 220 Å². The fraction of sp³-hybridized carbons (Fsp3) is 0.308. The fourth-order valence-electron chi connectivity index (χ4n) is 3.89. The van der Waals surface area contributed by atoms with Crippen molar-refractivity contribution in [1.82, 2.24) is 5.32 Å². The van der Waals surface area contributed by atoms with Crippen molar-refractivity contribution in [2.24, 2.45) is 0 Å². The van der Waals surface area contributed by atoms with Gasteiger partial charge in [0.25, 0.3) is 0 Å². The number of aliphatic hydroxyl groups excluding tert-OH is 1. The number of halogens is 1. The first-order chi connectivity index (χ1) is 17.1. The van der Waals surface area contributed by atoms with E-state index >= 15 is 0 Å². The normalized spacial score (nSPS) is 13.1. The van der Waals surface area contributed by atoms with E-state index in [2.05, 4.69) is 26.0 Å². The number of nitrogens with one attached hydrogen (secondary N) is 2. The third kappa shape index (κ3) is 7.86. The van der Waals surface area contributed by atoms with E-state index in [4.69, 9.17) is 9.47 Å². The molecule has 10 heteroatoms. The van der Waals surface area contributed by atoms with E-state index in [0.717, 1.165) is 21.9 Å². The molecule has 194 valence electrons. The number of anilines is 1. The van der Waals surface area contributed by atoms with Gasteiger partial charge in [-0.15, -0.1) is 0 Å². The molecule has 0 heterocycles. The SMILES string of the molecule is COc1cc(Br)c([C@@H](Cc2ccccc2)NC[C@@H](O)Cc2ccc(O)c(NS(C)(=O)=O)c2)cc1OC. The highest BCUT2D eigenvalue weighted by Gasteiger charge is 2.20. The van der Waals surface area contributed by atoms with Gasteiger partial charge in [-0.2, -0.15) is 0 Å². The van der Waals surface area contributed by atoms with Crippen LogP contribution in [0.4, 0.5) is 5.69 Å². The van der Waals surface area contributed by atoms with Gasteiger partial charge in [-0.05, 0) is 53.8 Å². The van der Waals surface area contributed by atoms with Crippen LogP contribution >= 0.6 is 15.9 Å². The minimum Gasteiger partial charge on any atom is -0.506 e. The van der Waals surface area contributed by atoms with Gasteiger partial charge in [0.1, 0.15) is 5.75 Å². The van der Waals surface area contributed by atoms with Gasteiger partial charge in [0, 0.05) is 17.1 Å². The summed E-state index contributed by atoms with van der Waals surface area (Å²) < 4.78 is 37.2. The van der Waals surface area contributed by atoms with Crippen LogP contribution in [0, 0.1) is 0 Å². The molecular formula is C26H31BrN2O6S. The first kappa shape index (κ1) is 27.8. The van der Waals surface area contributed by atoms with Crippen molar-refractivity contribution in [2.45, 2.75) is 25.0 Å². The minimum atomic E-state index is -3.55. The van der Waals surface area contributed by atoms with Crippen LogP contribution in [-0.4, -0.2) is 51.8 Å². The Hall–Kier alpha value is -2.79. The lowest BCUT2D eigenvalue weighted by Crippen LogP contribution is -2.33. The number of hydrogen-bond donors (Lipinski definition) is 4. The second kappa shape index (κ2) is 12.4. The van der Waals surface area contributed by atoms with Gasteiger partial charge >= 0.3 is 0 Å². The number of aliphatic hydroxyl groups is 1. The van der Waals surface area contributed by atoms with Crippen molar-refractivity contribution in [1.29, 1.82) is 0 Å². The number of sulfonamides is 1. The molecule has 0 unspecified atom stereocenters. The number of benzene rings is 3. The molecular weight excluding hydrogens is 548 g/mol. The summed E-state index contributed by atoms with van der Waals surface area (Å²) in [5.74, 6) is 1.03. The summed E-state index contributed by atoms with van der Waals surface area (Å²) in [7, 11) is -0.380. The first-order valence-electron chi connectivity index (χ1n) is 11.3. The predicted octanol–water partition coefficient (Wildman–Crippen LogP) is 4.02. The fourth-order valence-corrected chi connectivity index (χ4v) is 5.05. The standard InChI is InChI=1S/C26H31BrN2O6S/c1-34-25-14-20(21(27)15-26(25)35-2)22(12-17-7-5-4-6-8-17)28-16-19(30)11-18-9-10-24(31)23(13-18)29-36(3,32)33/h4-10,13-15,19,22,28-31H,11-12,16H2,1-3H3/t19-,22+/m0/s1. The molecule has 0 fully saturated rings. The minimum absolute atomic E-state index is 0.0753. The van der Waals surface area contributed by atoms with Crippen LogP contribution in [0.15, 0.2) is 65.1 Å². The van der Waals surface area contributed by atoms with Crippen molar-refractivity contribution in [2.75, 3.05) is 31.7 Å². The van der Waals surface area contributed by atoms with Gasteiger partial charge in [0.05, 0.1) is 32.3 Å². The molecule has 36 heavy (non-hydrogen) atoms. The van der Waals surface area contributed by atoms with Crippen molar-refractivity contribution in [3.8, 4) is 17.2 Å². The summed E-state index contributed by atoms with van der Waals surface area (Å²) in [5.41, 5.74) is 2.83. The van der Waals surface area contributed by atoms with E-state index in [9.17, 15) is 18.6 Å². The second-order valence-electron chi connectivity index (χ2n) is 8.46. The van der Waals surface area contributed by atoms with Crippen molar-refractivity contribution >= 4 is 31.6 Å². The Morgan fingerprint density at radius 3 is 2.25 bits per heavy atom. The summed E-state index contributed by atoms with van der Waals surface area (Å²) in [6, 6.07) is 18.2. The Kier molecular flexibility index (Phi) is 9.61. The second-order valence-corrected chi connectivity index (χ2v) is 11.1. The monoisotopic (exact) mass is 578 g/mol. The molecule has 2 atom stereocenters. The third-order valence-electron chi connectivity index (χ3n) is 5.59. The van der Waals surface area contributed by atoms with Gasteiger partial charge in [0.15, 0.2) is 11.5 Å². The van der Waals surface area contributed by atoms with Gasteiger partial charge in [0.2, 0.25) is 10.0 Å². The van der Waals surface area contributed by atoms with Gasteiger partial charge in [-0.25, -0.2) is 8.42 Å². The van der Waals surface area contributed by atoms with Crippen LogP contribution < -0.4 is 19.5 Å². The third-order valence-corrected chi connectivity index (χ3v) is 6.87. The summed E-state index contributed by atoms with van der Waals surface area (Å²) in [5, 5.41) is 24.2. The molecule has 8 nitrogen and oxygen atoms in total. The number of rotatable bonds is 12. The number of phenols is 1. The molecule has 0 amide bonds.